The quantitative estimate of drug-likeness (QED) is 0.755. The Kier molecular flexibility index (Phi) is 3.75. The summed E-state index contributed by atoms with van der Waals surface area (Å²) in [4.78, 5) is 14.7. The highest BCUT2D eigenvalue weighted by Crippen LogP contribution is 2.02. The Morgan fingerprint density at radius 3 is 3.13 bits per heavy atom. The summed E-state index contributed by atoms with van der Waals surface area (Å²) < 4.78 is 13.0. The SMILES string of the molecule is CC(C#N)CNC(=O)c1cccnc1F. The predicted octanol–water partition coefficient (Wildman–Crippen LogP) is 1.11. The Bertz CT molecular complexity index is 400. The fraction of sp³-hybridized carbons (Fsp3) is 0.300. The number of rotatable bonds is 3. The molecule has 0 aliphatic carbocycles. The van der Waals surface area contributed by atoms with Crippen LogP contribution in [0.3, 0.4) is 0 Å². The van der Waals surface area contributed by atoms with Gasteiger partial charge in [0.05, 0.1) is 17.6 Å². The van der Waals surface area contributed by atoms with E-state index in [0.29, 0.717) is 0 Å². The van der Waals surface area contributed by atoms with Crippen molar-refractivity contribution in [3.05, 3.63) is 29.8 Å². The maximum atomic E-state index is 13.0. The van der Waals surface area contributed by atoms with Crippen molar-refractivity contribution >= 4 is 5.91 Å². The molecule has 0 aliphatic rings. The number of nitrogens with zero attached hydrogens (tertiary/aromatic N) is 2. The van der Waals surface area contributed by atoms with Crippen molar-refractivity contribution in [1.29, 1.82) is 5.26 Å². The van der Waals surface area contributed by atoms with Gasteiger partial charge in [0.25, 0.3) is 5.91 Å². The van der Waals surface area contributed by atoms with Gasteiger partial charge < -0.3 is 5.32 Å². The molecule has 15 heavy (non-hydrogen) atoms. The molecule has 78 valence electrons. The number of nitrogens with one attached hydrogen (secondary N) is 1. The first-order chi connectivity index (χ1) is 7.15. The van der Waals surface area contributed by atoms with Crippen LogP contribution in [-0.2, 0) is 0 Å². The van der Waals surface area contributed by atoms with Gasteiger partial charge in [0.2, 0.25) is 5.95 Å². The molecule has 1 atom stereocenters. The van der Waals surface area contributed by atoms with E-state index in [-0.39, 0.29) is 18.0 Å². The van der Waals surface area contributed by atoms with Crippen molar-refractivity contribution in [2.24, 2.45) is 5.92 Å². The number of nitriles is 1. The van der Waals surface area contributed by atoms with Crippen LogP contribution in [0.25, 0.3) is 0 Å². The van der Waals surface area contributed by atoms with E-state index in [2.05, 4.69) is 10.3 Å². The van der Waals surface area contributed by atoms with Crippen LogP contribution >= 0.6 is 0 Å². The Morgan fingerprint density at radius 1 is 1.80 bits per heavy atom. The molecule has 0 spiro atoms. The molecule has 1 N–H and O–H groups in total. The molecule has 0 fully saturated rings. The van der Waals surface area contributed by atoms with Crippen molar-refractivity contribution < 1.29 is 9.18 Å². The average molecular weight is 207 g/mol. The van der Waals surface area contributed by atoms with E-state index in [1.807, 2.05) is 6.07 Å². The summed E-state index contributed by atoms with van der Waals surface area (Å²) in [6.45, 7) is 1.86. The van der Waals surface area contributed by atoms with Crippen LogP contribution in [0.1, 0.15) is 17.3 Å². The monoisotopic (exact) mass is 207 g/mol. The Hall–Kier alpha value is -1.96. The molecule has 1 rings (SSSR count). The minimum Gasteiger partial charge on any atom is -0.351 e. The van der Waals surface area contributed by atoms with Gasteiger partial charge in [-0.25, -0.2) is 4.98 Å². The summed E-state index contributed by atoms with van der Waals surface area (Å²) in [5, 5.41) is 10.9. The summed E-state index contributed by atoms with van der Waals surface area (Å²) in [6, 6.07) is 4.78. The van der Waals surface area contributed by atoms with Crippen LogP contribution < -0.4 is 5.32 Å². The third-order valence-corrected chi connectivity index (χ3v) is 1.79. The lowest BCUT2D eigenvalue weighted by molar-refractivity contribution is 0.0946. The zero-order valence-corrected chi connectivity index (χ0v) is 8.20. The largest absolute Gasteiger partial charge is 0.351 e. The van der Waals surface area contributed by atoms with E-state index < -0.39 is 11.9 Å². The maximum Gasteiger partial charge on any atom is 0.255 e. The van der Waals surface area contributed by atoms with Gasteiger partial charge in [-0.1, -0.05) is 0 Å². The smallest absolute Gasteiger partial charge is 0.255 e. The first-order valence-electron chi connectivity index (χ1n) is 4.43. The average Bonchev–Trinajstić information content (AvgIpc) is 2.26. The molecule has 1 heterocycles. The zero-order valence-electron chi connectivity index (χ0n) is 8.20. The normalized spacial score (nSPS) is 11.5. The molecule has 0 saturated carbocycles. The van der Waals surface area contributed by atoms with E-state index in [1.165, 1.54) is 18.3 Å². The molecule has 1 amide bonds. The molecule has 4 nitrogen and oxygen atoms in total. The topological polar surface area (TPSA) is 65.8 Å². The molecular weight excluding hydrogens is 197 g/mol. The van der Waals surface area contributed by atoms with Gasteiger partial charge in [-0.05, 0) is 19.1 Å². The summed E-state index contributed by atoms with van der Waals surface area (Å²) in [7, 11) is 0. The van der Waals surface area contributed by atoms with Crippen LogP contribution in [0.15, 0.2) is 18.3 Å². The van der Waals surface area contributed by atoms with Gasteiger partial charge in [-0.15, -0.1) is 0 Å². The predicted molar refractivity (Wildman–Crippen MR) is 51.3 cm³/mol. The lowest BCUT2D eigenvalue weighted by Crippen LogP contribution is -2.28. The molecule has 1 unspecified atom stereocenters. The van der Waals surface area contributed by atoms with Crippen LogP contribution in [0, 0.1) is 23.2 Å². The van der Waals surface area contributed by atoms with Crippen LogP contribution in [0.4, 0.5) is 4.39 Å². The molecule has 0 aromatic carbocycles. The van der Waals surface area contributed by atoms with E-state index in [4.69, 9.17) is 5.26 Å². The highest BCUT2D eigenvalue weighted by molar-refractivity contribution is 5.94. The molecule has 0 aliphatic heterocycles. The second-order valence-electron chi connectivity index (χ2n) is 3.08. The summed E-state index contributed by atoms with van der Waals surface area (Å²) in [5.41, 5.74) is -0.109. The number of hydrogen-bond acceptors (Lipinski definition) is 3. The number of amides is 1. The van der Waals surface area contributed by atoms with Crippen molar-refractivity contribution in [3.8, 4) is 6.07 Å². The molecule has 0 radical (unpaired) electrons. The summed E-state index contributed by atoms with van der Waals surface area (Å²) in [6.07, 6.45) is 1.27. The van der Waals surface area contributed by atoms with Gasteiger partial charge in [0.15, 0.2) is 0 Å². The summed E-state index contributed by atoms with van der Waals surface area (Å²) in [5.74, 6) is -1.66. The van der Waals surface area contributed by atoms with Crippen molar-refractivity contribution in [1.82, 2.24) is 10.3 Å². The molecule has 1 aromatic heterocycles. The third-order valence-electron chi connectivity index (χ3n) is 1.79. The number of carbonyl (C=O) groups excluding carboxylic acids is 1. The first kappa shape index (κ1) is 11.1. The van der Waals surface area contributed by atoms with Crippen molar-refractivity contribution in [2.45, 2.75) is 6.92 Å². The van der Waals surface area contributed by atoms with E-state index >= 15 is 0 Å². The second-order valence-corrected chi connectivity index (χ2v) is 3.08. The van der Waals surface area contributed by atoms with Gasteiger partial charge >= 0.3 is 0 Å². The third kappa shape index (κ3) is 3.02. The fourth-order valence-electron chi connectivity index (χ4n) is 0.942. The number of carbonyl (C=O) groups is 1. The molecule has 1 aromatic rings. The zero-order chi connectivity index (χ0) is 11.3. The highest BCUT2D eigenvalue weighted by atomic mass is 19.1. The van der Waals surface area contributed by atoms with Crippen LogP contribution in [0.5, 0.6) is 0 Å². The van der Waals surface area contributed by atoms with Gasteiger partial charge in [0, 0.05) is 12.7 Å². The van der Waals surface area contributed by atoms with Gasteiger partial charge in [-0.2, -0.15) is 9.65 Å². The van der Waals surface area contributed by atoms with Crippen molar-refractivity contribution in [2.75, 3.05) is 6.54 Å². The number of pyridine rings is 1. The van der Waals surface area contributed by atoms with E-state index in [9.17, 15) is 9.18 Å². The van der Waals surface area contributed by atoms with E-state index in [0.717, 1.165) is 0 Å². The number of aromatic nitrogens is 1. The first-order valence-corrected chi connectivity index (χ1v) is 4.43. The molecule has 5 heteroatoms. The van der Waals surface area contributed by atoms with Crippen LogP contribution in [-0.4, -0.2) is 17.4 Å². The van der Waals surface area contributed by atoms with Gasteiger partial charge in [-0.3, -0.25) is 4.79 Å². The molecule has 0 bridgehead atoms. The lowest BCUT2D eigenvalue weighted by Gasteiger charge is -2.05. The Morgan fingerprint density at radius 2 is 2.53 bits per heavy atom. The second kappa shape index (κ2) is 5.05. The Balaban J connectivity index is 2.63. The minimum absolute atomic E-state index is 0.109. The maximum absolute atomic E-state index is 13.0. The van der Waals surface area contributed by atoms with E-state index in [1.54, 1.807) is 6.92 Å². The van der Waals surface area contributed by atoms with Gasteiger partial charge in [0.1, 0.15) is 0 Å². The Labute approximate surface area is 86.7 Å². The van der Waals surface area contributed by atoms with Crippen LogP contribution in [0.2, 0.25) is 0 Å². The standard InChI is InChI=1S/C10H10FN3O/c1-7(5-12)6-14-10(15)8-3-2-4-13-9(8)11/h2-4,7H,6H2,1H3,(H,14,15). The highest BCUT2D eigenvalue weighted by Gasteiger charge is 2.12. The molecular formula is C10H10FN3O. The van der Waals surface area contributed by atoms with Crippen molar-refractivity contribution in [3.63, 3.8) is 0 Å². The molecule has 0 saturated heterocycles. The lowest BCUT2D eigenvalue weighted by atomic mass is 10.2. The fourth-order valence-corrected chi connectivity index (χ4v) is 0.942. The summed E-state index contributed by atoms with van der Waals surface area (Å²) >= 11 is 0. The minimum atomic E-state index is -0.806. The number of hydrogen-bond donors (Lipinski definition) is 1. The number of halogens is 1.